The van der Waals surface area contributed by atoms with Crippen LogP contribution < -0.4 is 14.2 Å². The van der Waals surface area contributed by atoms with Gasteiger partial charge in [-0.2, -0.15) is 0 Å². The van der Waals surface area contributed by atoms with Crippen LogP contribution in [0.15, 0.2) is 30.3 Å². The summed E-state index contributed by atoms with van der Waals surface area (Å²) in [5.74, 6) is 0.693. The summed E-state index contributed by atoms with van der Waals surface area (Å²) in [6.45, 7) is 3.80. The topological polar surface area (TPSA) is 85.2 Å². The molecule has 0 fully saturated rings. The van der Waals surface area contributed by atoms with Gasteiger partial charge in [-0.05, 0) is 43.7 Å². The summed E-state index contributed by atoms with van der Waals surface area (Å²) in [7, 11) is 1.47. The van der Waals surface area contributed by atoms with Crippen LogP contribution in [0.1, 0.15) is 47.9 Å². The van der Waals surface area contributed by atoms with E-state index >= 15 is 0 Å². The van der Waals surface area contributed by atoms with Crippen LogP contribution in [0.3, 0.4) is 0 Å². The van der Waals surface area contributed by atoms with Gasteiger partial charge >= 0.3 is 0 Å². The lowest BCUT2D eigenvalue weighted by molar-refractivity contribution is 0.0841. The van der Waals surface area contributed by atoms with Gasteiger partial charge in [0.2, 0.25) is 0 Å². The number of phenols is 2. The predicted octanol–water partition coefficient (Wildman–Crippen LogP) is 4.00. The number of rotatable bonds is 2. The highest BCUT2D eigenvalue weighted by Crippen LogP contribution is 2.48. The second kappa shape index (κ2) is 5.94. The van der Waals surface area contributed by atoms with Crippen LogP contribution in [0.2, 0.25) is 0 Å². The third kappa shape index (κ3) is 2.87. The summed E-state index contributed by atoms with van der Waals surface area (Å²) < 4.78 is 17.1. The first kappa shape index (κ1) is 17.3. The zero-order valence-corrected chi connectivity index (χ0v) is 15.3. The number of methoxy groups -OCH3 is 1. The van der Waals surface area contributed by atoms with Crippen LogP contribution >= 0.6 is 0 Å². The number of phenolic OH excluding ortho intramolecular Hbond substituents is 2. The van der Waals surface area contributed by atoms with Crippen molar-refractivity contribution in [2.24, 2.45) is 0 Å². The monoisotopic (exact) mass is 368 g/mol. The minimum atomic E-state index is -0.587. The molecule has 1 atom stereocenters. The number of fused-ring (bicyclic) bond motifs is 3. The molecule has 0 aliphatic carbocycles. The molecule has 0 radical (unpaired) electrons. The maximum Gasteiger partial charge on any atom is 0.174 e. The highest BCUT2D eigenvalue weighted by molar-refractivity contribution is 6.04. The Kier molecular flexibility index (Phi) is 3.80. The van der Waals surface area contributed by atoms with Crippen LogP contribution in [-0.4, -0.2) is 28.7 Å². The van der Waals surface area contributed by atoms with E-state index in [1.165, 1.54) is 19.2 Å². The molecule has 6 nitrogen and oxygen atoms in total. The van der Waals surface area contributed by atoms with E-state index in [2.05, 4.69) is 0 Å². The van der Waals surface area contributed by atoms with Crippen molar-refractivity contribution in [1.29, 1.82) is 0 Å². The molecule has 2 aromatic carbocycles. The third-order valence-electron chi connectivity index (χ3n) is 4.77. The fraction of sp³-hybridized carbons (Fsp3) is 0.286. The van der Waals surface area contributed by atoms with Gasteiger partial charge in [0.1, 0.15) is 34.5 Å². The Morgan fingerprint density at radius 3 is 2.67 bits per heavy atom. The Bertz CT molecular complexity index is 973. The lowest BCUT2D eigenvalue weighted by Crippen LogP contribution is -2.29. The first-order valence-electron chi connectivity index (χ1n) is 8.64. The van der Waals surface area contributed by atoms with E-state index < -0.39 is 11.7 Å². The number of ether oxygens (including phenoxy) is 3. The quantitative estimate of drug-likeness (QED) is 0.833. The van der Waals surface area contributed by atoms with Gasteiger partial charge in [-0.25, -0.2) is 0 Å². The summed E-state index contributed by atoms with van der Waals surface area (Å²) in [4.78, 5) is 12.7. The molecule has 0 unspecified atom stereocenters. The number of Topliss-reactive ketones (excluding diaryl/α,β-unsaturated/α-hetero) is 1. The largest absolute Gasteiger partial charge is 0.507 e. The lowest BCUT2D eigenvalue weighted by atomic mass is 9.91. The SMILES string of the molecule is COc1ccc([C@@H]2CC(=O)c3c(O)cc4c(c3O2)C=CC(C)(C)O4)cc1O. The molecule has 140 valence electrons. The molecule has 27 heavy (non-hydrogen) atoms. The highest BCUT2D eigenvalue weighted by Gasteiger charge is 2.35. The summed E-state index contributed by atoms with van der Waals surface area (Å²) in [5.41, 5.74) is 0.909. The van der Waals surface area contributed by atoms with E-state index in [0.717, 1.165) is 0 Å². The molecule has 4 rings (SSSR count). The van der Waals surface area contributed by atoms with Gasteiger partial charge in [0.25, 0.3) is 0 Å². The molecule has 0 bridgehead atoms. The van der Waals surface area contributed by atoms with Crippen molar-refractivity contribution in [3.8, 4) is 28.7 Å². The second-order valence-electron chi connectivity index (χ2n) is 7.22. The molecule has 6 heteroatoms. The van der Waals surface area contributed by atoms with Gasteiger partial charge in [-0.3, -0.25) is 4.79 Å². The van der Waals surface area contributed by atoms with Crippen molar-refractivity contribution in [3.63, 3.8) is 0 Å². The molecule has 0 spiro atoms. The highest BCUT2D eigenvalue weighted by atomic mass is 16.5. The maximum absolute atomic E-state index is 12.7. The maximum atomic E-state index is 12.7. The Hall–Kier alpha value is -3.15. The molecule has 2 aliphatic heterocycles. The molecule has 2 aromatic rings. The zero-order valence-electron chi connectivity index (χ0n) is 15.3. The molecule has 0 amide bonds. The lowest BCUT2D eigenvalue weighted by Gasteiger charge is -2.32. The average molecular weight is 368 g/mol. The van der Waals surface area contributed by atoms with Crippen molar-refractivity contribution in [1.82, 2.24) is 0 Å². The minimum absolute atomic E-state index is 0.0280. The number of carbonyl (C=O) groups is 1. The first-order valence-corrected chi connectivity index (χ1v) is 8.64. The predicted molar refractivity (Wildman–Crippen MR) is 98.8 cm³/mol. The van der Waals surface area contributed by atoms with E-state index in [0.29, 0.717) is 28.4 Å². The van der Waals surface area contributed by atoms with Gasteiger partial charge in [-0.1, -0.05) is 6.07 Å². The molecule has 0 aromatic heterocycles. The minimum Gasteiger partial charge on any atom is -0.507 e. The molecule has 2 aliphatic rings. The standard InChI is InChI=1S/C21H20O6/c1-21(2)7-6-12-18(27-21)10-15(24)19-14(23)9-17(26-20(12)19)11-4-5-16(25-3)13(22)8-11/h4-8,10,17,22,24H,9H2,1-3H3/t17-/m0/s1. The van der Waals surface area contributed by atoms with E-state index in [4.69, 9.17) is 14.2 Å². The smallest absolute Gasteiger partial charge is 0.174 e. The van der Waals surface area contributed by atoms with Crippen molar-refractivity contribution in [2.45, 2.75) is 32.0 Å². The van der Waals surface area contributed by atoms with Crippen LogP contribution in [0, 0.1) is 0 Å². The zero-order chi connectivity index (χ0) is 19.3. The van der Waals surface area contributed by atoms with Crippen molar-refractivity contribution < 1.29 is 29.2 Å². The van der Waals surface area contributed by atoms with Crippen molar-refractivity contribution in [3.05, 3.63) is 47.0 Å². The van der Waals surface area contributed by atoms with E-state index in [-0.39, 0.29) is 29.3 Å². The number of hydrogen-bond donors (Lipinski definition) is 2. The Balaban J connectivity index is 1.79. The normalized spacial score (nSPS) is 19.5. The fourth-order valence-corrected chi connectivity index (χ4v) is 3.42. The number of aromatic hydroxyl groups is 2. The third-order valence-corrected chi connectivity index (χ3v) is 4.77. The Morgan fingerprint density at radius 2 is 1.96 bits per heavy atom. The Morgan fingerprint density at radius 1 is 1.19 bits per heavy atom. The van der Waals surface area contributed by atoms with Crippen LogP contribution in [0.4, 0.5) is 0 Å². The number of carbonyl (C=O) groups excluding carboxylic acids is 1. The first-order chi connectivity index (χ1) is 12.8. The van der Waals surface area contributed by atoms with Gasteiger partial charge in [0.05, 0.1) is 19.1 Å². The molecular formula is C21H20O6. The summed E-state index contributed by atoms with van der Waals surface area (Å²) in [6.07, 6.45) is 3.19. The van der Waals surface area contributed by atoms with Gasteiger partial charge in [0, 0.05) is 6.07 Å². The summed E-state index contributed by atoms with van der Waals surface area (Å²) >= 11 is 0. The summed E-state index contributed by atoms with van der Waals surface area (Å²) in [5, 5.41) is 20.4. The van der Waals surface area contributed by atoms with E-state index in [9.17, 15) is 15.0 Å². The fourth-order valence-electron chi connectivity index (χ4n) is 3.42. The van der Waals surface area contributed by atoms with E-state index in [1.54, 1.807) is 12.1 Å². The number of benzene rings is 2. The second-order valence-corrected chi connectivity index (χ2v) is 7.22. The van der Waals surface area contributed by atoms with Gasteiger partial charge < -0.3 is 24.4 Å². The number of ketones is 1. The van der Waals surface area contributed by atoms with Gasteiger partial charge in [0.15, 0.2) is 17.3 Å². The number of hydrogen-bond acceptors (Lipinski definition) is 6. The molecular weight excluding hydrogens is 348 g/mol. The van der Waals surface area contributed by atoms with Crippen LogP contribution in [-0.2, 0) is 0 Å². The molecule has 2 N–H and O–H groups in total. The van der Waals surface area contributed by atoms with Crippen molar-refractivity contribution >= 4 is 11.9 Å². The van der Waals surface area contributed by atoms with Crippen LogP contribution in [0.5, 0.6) is 28.7 Å². The van der Waals surface area contributed by atoms with E-state index in [1.807, 2.05) is 26.0 Å². The summed E-state index contributed by atoms with van der Waals surface area (Å²) in [6, 6.07) is 6.34. The average Bonchev–Trinajstić information content (AvgIpc) is 2.60. The van der Waals surface area contributed by atoms with Crippen LogP contribution in [0.25, 0.3) is 6.08 Å². The molecule has 0 saturated carbocycles. The molecule has 2 heterocycles. The molecule has 0 saturated heterocycles. The van der Waals surface area contributed by atoms with Gasteiger partial charge in [-0.15, -0.1) is 0 Å². The van der Waals surface area contributed by atoms with Crippen molar-refractivity contribution in [2.75, 3.05) is 7.11 Å². The Labute approximate surface area is 156 Å².